The highest BCUT2D eigenvalue weighted by Crippen LogP contribution is 2.51. The van der Waals surface area contributed by atoms with Crippen LogP contribution in [0.15, 0.2) is 70.5 Å². The molecule has 2 aliphatic heterocycles. The largest absolute Gasteiger partial charge is 0.281 e. The van der Waals surface area contributed by atoms with Gasteiger partial charge in [0.2, 0.25) is 10.2 Å². The van der Waals surface area contributed by atoms with Crippen LogP contribution in [0, 0.1) is 13.8 Å². The Morgan fingerprint density at radius 2 is 1.15 bits per heavy atom. The van der Waals surface area contributed by atoms with E-state index in [1.807, 2.05) is 37.3 Å². The number of hydrogen-bond donors (Lipinski definition) is 0. The normalized spacial score (nSPS) is 16.4. The van der Waals surface area contributed by atoms with E-state index in [0.29, 0.717) is 11.1 Å². The summed E-state index contributed by atoms with van der Waals surface area (Å²) < 4.78 is 0. The van der Waals surface area contributed by atoms with Crippen LogP contribution in [0.1, 0.15) is 21.6 Å². The van der Waals surface area contributed by atoms with Gasteiger partial charge in [-0.2, -0.15) is 0 Å². The zero-order chi connectivity index (χ0) is 27.1. The van der Waals surface area contributed by atoms with Crippen LogP contribution in [0.3, 0.4) is 0 Å². The third-order valence-corrected chi connectivity index (χ3v) is 13.1. The zero-order valence-electron chi connectivity index (χ0n) is 20.9. The number of nitrogens with zero attached hydrogens (tertiary/aromatic N) is 2. The van der Waals surface area contributed by atoms with Crippen molar-refractivity contribution in [1.82, 2.24) is 9.97 Å². The van der Waals surface area contributed by atoms with Gasteiger partial charge < -0.3 is 0 Å². The molecule has 2 aromatic carbocycles. The molecule has 0 radical (unpaired) electrons. The van der Waals surface area contributed by atoms with Crippen LogP contribution in [0.2, 0.25) is 0 Å². The van der Waals surface area contributed by atoms with Gasteiger partial charge >= 0.3 is 0 Å². The summed E-state index contributed by atoms with van der Waals surface area (Å²) in [5.74, 6) is 0. The van der Waals surface area contributed by atoms with E-state index in [1.54, 1.807) is 45.3 Å². The number of carbonyl (C=O) groups is 2. The van der Waals surface area contributed by atoms with Crippen LogP contribution >= 0.6 is 68.9 Å². The number of benzene rings is 2. The summed E-state index contributed by atoms with van der Waals surface area (Å²) in [6.45, 7) is 4.12. The maximum atomic E-state index is 13.2. The average molecular weight is 629 g/mol. The molecule has 0 saturated heterocycles. The van der Waals surface area contributed by atoms with Gasteiger partial charge in [0.15, 0.2) is 9.66 Å². The van der Waals surface area contributed by atoms with Crippen molar-refractivity contribution >= 4 is 99.9 Å². The minimum Gasteiger partial charge on any atom is -0.281 e. The van der Waals surface area contributed by atoms with Crippen LogP contribution < -0.4 is 0 Å². The first kappa shape index (κ1) is 24.9. The van der Waals surface area contributed by atoms with Crippen LogP contribution in [-0.2, 0) is 9.59 Å². The highest BCUT2D eigenvalue weighted by molar-refractivity contribution is 8.16. The number of carbonyl (C=O) groups excluding carboxylic acids is 2. The quantitative estimate of drug-likeness (QED) is 0.182. The SMILES string of the molecule is Cc1ccc2c(c1)SC(=O)/C2=C1/C(=O)Sc2cc(-c3ccc(-c4nc5sc(-c6ccc(C)s6)nc5s4)s3)ccc21. The van der Waals surface area contributed by atoms with E-state index in [4.69, 9.17) is 9.97 Å². The van der Waals surface area contributed by atoms with E-state index in [-0.39, 0.29) is 10.2 Å². The molecular formula is C30H16N2O2S6. The summed E-state index contributed by atoms with van der Waals surface area (Å²) in [5.41, 5.74) is 4.93. The van der Waals surface area contributed by atoms with Crippen molar-refractivity contribution in [1.29, 1.82) is 0 Å². The van der Waals surface area contributed by atoms with Crippen LogP contribution in [-0.4, -0.2) is 20.2 Å². The van der Waals surface area contributed by atoms with Gasteiger partial charge in [-0.25, -0.2) is 9.97 Å². The van der Waals surface area contributed by atoms with Gasteiger partial charge in [0, 0.05) is 41.8 Å². The molecule has 6 heterocycles. The van der Waals surface area contributed by atoms with Gasteiger partial charge in [0.25, 0.3) is 0 Å². The van der Waals surface area contributed by atoms with Crippen molar-refractivity contribution < 1.29 is 9.59 Å². The van der Waals surface area contributed by atoms with Gasteiger partial charge in [0.1, 0.15) is 10.0 Å². The molecule has 4 nitrogen and oxygen atoms in total. The van der Waals surface area contributed by atoms with Crippen LogP contribution in [0.4, 0.5) is 0 Å². The molecule has 0 atom stereocenters. The Bertz CT molecular complexity index is 2060. The first-order valence-electron chi connectivity index (χ1n) is 12.3. The Kier molecular flexibility index (Phi) is 5.81. The van der Waals surface area contributed by atoms with E-state index in [0.717, 1.165) is 61.5 Å². The number of fused-ring (bicyclic) bond motifs is 3. The lowest BCUT2D eigenvalue weighted by molar-refractivity contribution is -0.107. The van der Waals surface area contributed by atoms with Crippen molar-refractivity contribution in [3.63, 3.8) is 0 Å². The first-order chi connectivity index (χ1) is 19.4. The van der Waals surface area contributed by atoms with E-state index in [2.05, 4.69) is 37.3 Å². The molecule has 0 amide bonds. The van der Waals surface area contributed by atoms with Gasteiger partial charge in [-0.3, -0.25) is 9.59 Å². The third kappa shape index (κ3) is 4.00. The van der Waals surface area contributed by atoms with Gasteiger partial charge in [-0.1, -0.05) is 46.9 Å². The fraction of sp³-hybridized carbons (Fsp3) is 0.0667. The molecule has 0 N–H and O–H groups in total. The number of thioether (sulfide) groups is 2. The molecule has 194 valence electrons. The van der Waals surface area contributed by atoms with Crippen molar-refractivity contribution in [3.05, 3.63) is 82.2 Å². The molecule has 0 fully saturated rings. The van der Waals surface area contributed by atoms with Crippen molar-refractivity contribution in [3.8, 4) is 30.2 Å². The molecule has 40 heavy (non-hydrogen) atoms. The maximum absolute atomic E-state index is 13.2. The molecule has 6 aromatic rings. The second-order valence-electron chi connectivity index (χ2n) is 9.46. The maximum Gasteiger partial charge on any atom is 0.225 e. The zero-order valence-corrected chi connectivity index (χ0v) is 25.8. The minimum absolute atomic E-state index is 0.0557. The fourth-order valence-electron chi connectivity index (χ4n) is 4.89. The van der Waals surface area contributed by atoms with E-state index in [9.17, 15) is 9.59 Å². The molecule has 0 bridgehead atoms. The van der Waals surface area contributed by atoms with Crippen LogP contribution in [0.25, 0.3) is 51.0 Å². The van der Waals surface area contributed by atoms with Gasteiger partial charge in [0.05, 0.1) is 9.75 Å². The number of thiophene rings is 2. The molecule has 10 heteroatoms. The Morgan fingerprint density at radius 1 is 0.575 bits per heavy atom. The number of rotatable bonds is 3. The third-order valence-electron chi connectivity index (χ3n) is 6.75. The molecule has 8 rings (SSSR count). The summed E-state index contributed by atoms with van der Waals surface area (Å²) >= 11 is 9.14. The van der Waals surface area contributed by atoms with Crippen molar-refractivity contribution in [2.45, 2.75) is 23.6 Å². The highest BCUT2D eigenvalue weighted by Gasteiger charge is 2.36. The first-order valence-corrected chi connectivity index (χ1v) is 17.2. The Hall–Kier alpha value is -2.86. The second kappa shape index (κ2) is 9.34. The second-order valence-corrected chi connectivity index (χ2v) is 15.8. The molecule has 0 unspecified atom stereocenters. The summed E-state index contributed by atoms with van der Waals surface area (Å²) in [6, 6.07) is 20.6. The summed E-state index contributed by atoms with van der Waals surface area (Å²) in [4.78, 5) is 44.4. The summed E-state index contributed by atoms with van der Waals surface area (Å²) in [5, 5.41) is 1.88. The smallest absolute Gasteiger partial charge is 0.225 e. The topological polar surface area (TPSA) is 59.9 Å². The molecular weight excluding hydrogens is 613 g/mol. The summed E-state index contributed by atoms with van der Waals surface area (Å²) in [6.07, 6.45) is 0. The minimum atomic E-state index is -0.0659. The number of thiazole rings is 2. The predicted molar refractivity (Wildman–Crippen MR) is 172 cm³/mol. The average Bonchev–Trinajstić information content (AvgIpc) is 3.74. The predicted octanol–water partition coefficient (Wildman–Crippen LogP) is 9.67. The van der Waals surface area contributed by atoms with Crippen LogP contribution in [0.5, 0.6) is 0 Å². The van der Waals surface area contributed by atoms with E-state index < -0.39 is 0 Å². The number of aryl methyl sites for hydroxylation is 2. The molecule has 0 spiro atoms. The monoisotopic (exact) mass is 628 g/mol. The summed E-state index contributed by atoms with van der Waals surface area (Å²) in [7, 11) is 0. The lowest BCUT2D eigenvalue weighted by Crippen LogP contribution is -1.99. The Labute approximate surface area is 253 Å². The molecule has 0 saturated carbocycles. The molecule has 4 aromatic heterocycles. The van der Waals surface area contributed by atoms with E-state index >= 15 is 0 Å². The highest BCUT2D eigenvalue weighted by atomic mass is 32.2. The molecule has 2 aliphatic rings. The number of hydrogen-bond acceptors (Lipinski definition) is 10. The Balaban J connectivity index is 1.12. The van der Waals surface area contributed by atoms with Gasteiger partial charge in [-0.05, 0) is 84.9 Å². The fourth-order valence-corrected chi connectivity index (χ4v) is 10.9. The lowest BCUT2D eigenvalue weighted by Gasteiger charge is -2.06. The number of aromatic nitrogens is 2. The Morgan fingerprint density at radius 3 is 1.80 bits per heavy atom. The van der Waals surface area contributed by atoms with Crippen molar-refractivity contribution in [2.24, 2.45) is 0 Å². The van der Waals surface area contributed by atoms with Gasteiger partial charge in [-0.15, -0.1) is 22.7 Å². The van der Waals surface area contributed by atoms with E-state index in [1.165, 1.54) is 33.3 Å². The standard InChI is InChI=1S/C30H16N2O2S6/c1-13-3-6-16-21(11-13)37-29(33)23(16)24-17-7-5-15(12-22(17)38-30(24)34)18-9-10-20(36-18)26-32-28-27(40-26)31-25(39-28)19-8-4-14(2)35-19/h3-12H,1-2H3/b24-23+. The lowest BCUT2D eigenvalue weighted by atomic mass is 9.95. The molecule has 0 aliphatic carbocycles. The van der Waals surface area contributed by atoms with Crippen molar-refractivity contribution in [2.75, 3.05) is 0 Å².